The van der Waals surface area contributed by atoms with Gasteiger partial charge in [-0.15, -0.1) is 0 Å². The monoisotopic (exact) mass is 522 g/mol. The zero-order chi connectivity index (χ0) is 26.6. The average molecular weight is 523 g/mol. The molecule has 3 heterocycles. The highest BCUT2D eigenvalue weighted by atomic mass is 16.7. The van der Waals surface area contributed by atoms with Crippen LogP contribution in [-0.4, -0.2) is 56.4 Å². The fourth-order valence-corrected chi connectivity index (χ4v) is 5.65. The highest BCUT2D eigenvalue weighted by molar-refractivity contribution is 5.89. The van der Waals surface area contributed by atoms with E-state index in [1.807, 2.05) is 24.3 Å². The lowest BCUT2D eigenvalue weighted by molar-refractivity contribution is -0.141. The molecule has 1 aromatic heterocycles. The van der Waals surface area contributed by atoms with Gasteiger partial charge in [-0.25, -0.2) is 4.79 Å². The number of fused-ring (bicyclic) bond motifs is 3. The van der Waals surface area contributed by atoms with Gasteiger partial charge in [-0.1, -0.05) is 0 Å². The first kappa shape index (κ1) is 24.0. The van der Waals surface area contributed by atoms with Crippen LogP contribution in [-0.2, 0) is 21.3 Å². The van der Waals surface area contributed by atoms with Crippen LogP contribution >= 0.6 is 0 Å². The maximum atomic E-state index is 13.3. The van der Waals surface area contributed by atoms with Crippen molar-refractivity contribution < 1.29 is 42.7 Å². The normalized spacial score (nSPS) is 22.8. The highest BCUT2D eigenvalue weighted by Crippen LogP contribution is 2.56. The Kier molecular flexibility index (Phi) is 5.77. The van der Waals surface area contributed by atoms with Crippen LogP contribution in [0.1, 0.15) is 39.1 Å². The maximum Gasteiger partial charge on any atom is 0.341 e. The number of rotatable bonds is 6. The van der Waals surface area contributed by atoms with Crippen molar-refractivity contribution in [2.45, 2.75) is 12.0 Å². The molecule has 1 saturated heterocycles. The van der Waals surface area contributed by atoms with Gasteiger partial charge in [0.1, 0.15) is 6.10 Å². The molecular formula is C27H26N2O9. The molecular weight excluding hydrogens is 496 g/mol. The Hall–Kier alpha value is -4.41. The van der Waals surface area contributed by atoms with E-state index in [9.17, 15) is 9.59 Å². The minimum absolute atomic E-state index is 0.0715. The quantitative estimate of drug-likeness (QED) is 0.447. The molecule has 11 heteroatoms. The number of cyclic esters (lactones) is 1. The third-order valence-corrected chi connectivity index (χ3v) is 7.34. The minimum Gasteiger partial charge on any atom is -0.493 e. The van der Waals surface area contributed by atoms with Crippen molar-refractivity contribution in [1.82, 2.24) is 9.78 Å². The molecule has 4 atom stereocenters. The van der Waals surface area contributed by atoms with E-state index < -0.39 is 29.8 Å². The first-order chi connectivity index (χ1) is 18.4. The minimum atomic E-state index is -0.762. The first-order valence-electron chi connectivity index (χ1n) is 12.0. The van der Waals surface area contributed by atoms with Crippen LogP contribution in [0, 0.1) is 11.8 Å². The summed E-state index contributed by atoms with van der Waals surface area (Å²) in [5.41, 5.74) is 2.53. The Labute approximate surface area is 218 Å². The average Bonchev–Trinajstić information content (AvgIpc) is 3.66. The molecule has 6 rings (SSSR count). The predicted octanol–water partition coefficient (Wildman–Crippen LogP) is 3.01. The Morgan fingerprint density at radius 2 is 1.66 bits per heavy atom. The van der Waals surface area contributed by atoms with Crippen LogP contribution in [0.15, 0.2) is 36.7 Å². The van der Waals surface area contributed by atoms with E-state index in [1.54, 1.807) is 13.2 Å². The summed E-state index contributed by atoms with van der Waals surface area (Å²) in [6.07, 6.45) is 2.26. The molecule has 1 fully saturated rings. The molecule has 38 heavy (non-hydrogen) atoms. The summed E-state index contributed by atoms with van der Waals surface area (Å²) in [5, 5.41) is 4.07. The van der Waals surface area contributed by atoms with Gasteiger partial charge in [-0.2, -0.15) is 5.10 Å². The lowest BCUT2D eigenvalue weighted by Gasteiger charge is -2.38. The Bertz CT molecular complexity index is 1410. The number of carbonyl (C=O) groups is 2. The molecule has 0 bridgehead atoms. The molecule has 3 aliphatic rings. The largest absolute Gasteiger partial charge is 0.493 e. The molecule has 0 saturated carbocycles. The number of hydrogen-bond donors (Lipinski definition) is 0. The predicted molar refractivity (Wildman–Crippen MR) is 130 cm³/mol. The lowest BCUT2D eigenvalue weighted by Crippen LogP contribution is -2.36. The molecule has 0 spiro atoms. The number of aromatic nitrogens is 2. The third-order valence-electron chi connectivity index (χ3n) is 7.34. The fraction of sp³-hybridized carbons (Fsp3) is 0.370. The topological polar surface area (TPSA) is 117 Å². The van der Waals surface area contributed by atoms with Gasteiger partial charge in [0.2, 0.25) is 12.5 Å². The zero-order valence-electron chi connectivity index (χ0n) is 21.3. The summed E-state index contributed by atoms with van der Waals surface area (Å²) < 4.78 is 41.2. The number of aryl methyl sites for hydroxylation is 1. The number of benzene rings is 2. The number of esters is 2. The molecule has 3 aromatic rings. The molecule has 2 aromatic carbocycles. The Balaban J connectivity index is 1.52. The second-order valence-electron chi connectivity index (χ2n) is 9.32. The maximum absolute atomic E-state index is 13.3. The number of methoxy groups -OCH3 is 3. The third kappa shape index (κ3) is 3.68. The fourth-order valence-electron chi connectivity index (χ4n) is 5.65. The molecule has 0 N–H and O–H groups in total. The van der Waals surface area contributed by atoms with Crippen molar-refractivity contribution in [3.05, 3.63) is 58.9 Å². The lowest BCUT2D eigenvalue weighted by atomic mass is 9.66. The summed E-state index contributed by atoms with van der Waals surface area (Å²) in [4.78, 5) is 26.4. The summed E-state index contributed by atoms with van der Waals surface area (Å²) in [6.45, 7) is 0.172. The van der Waals surface area contributed by atoms with E-state index in [-0.39, 0.29) is 19.4 Å². The van der Waals surface area contributed by atoms with E-state index in [0.717, 1.165) is 11.1 Å². The van der Waals surface area contributed by atoms with Gasteiger partial charge in [-0.3, -0.25) is 9.48 Å². The van der Waals surface area contributed by atoms with Gasteiger partial charge in [0.05, 0.1) is 45.6 Å². The number of hydrogen-bond acceptors (Lipinski definition) is 10. The van der Waals surface area contributed by atoms with Crippen molar-refractivity contribution in [3.8, 4) is 28.7 Å². The Morgan fingerprint density at radius 1 is 0.974 bits per heavy atom. The van der Waals surface area contributed by atoms with Gasteiger partial charge >= 0.3 is 11.9 Å². The molecule has 198 valence electrons. The first-order valence-corrected chi connectivity index (χ1v) is 12.0. The van der Waals surface area contributed by atoms with Crippen molar-refractivity contribution in [3.63, 3.8) is 0 Å². The van der Waals surface area contributed by atoms with Gasteiger partial charge in [-0.05, 0) is 35.4 Å². The number of carbonyl (C=O) groups excluding carboxylic acids is 2. The van der Waals surface area contributed by atoms with Gasteiger partial charge in [0, 0.05) is 30.6 Å². The molecule has 0 unspecified atom stereocenters. The second kappa shape index (κ2) is 9.16. The summed E-state index contributed by atoms with van der Waals surface area (Å²) in [7, 11) is 6.32. The van der Waals surface area contributed by atoms with Gasteiger partial charge in [0.15, 0.2) is 23.0 Å². The number of nitrogens with zero attached hydrogens (tertiary/aromatic N) is 2. The SMILES string of the molecule is COc1cc([C@@H]2c3cc4c(cc3[C@H](OC(=O)c3cnn(C)c3)[C@H]3COC(=O)[C@H]23)OCO4)cc(OC)c1OC. The van der Waals surface area contributed by atoms with E-state index in [0.29, 0.717) is 39.9 Å². The van der Waals surface area contributed by atoms with E-state index >= 15 is 0 Å². The Morgan fingerprint density at radius 3 is 2.26 bits per heavy atom. The molecule has 1 aliphatic carbocycles. The summed E-state index contributed by atoms with van der Waals surface area (Å²) in [6, 6.07) is 7.32. The smallest absolute Gasteiger partial charge is 0.341 e. The molecule has 2 aliphatic heterocycles. The van der Waals surface area contributed by atoms with Crippen LogP contribution < -0.4 is 23.7 Å². The van der Waals surface area contributed by atoms with Crippen LogP contribution in [0.2, 0.25) is 0 Å². The highest BCUT2D eigenvalue weighted by Gasteiger charge is 2.54. The molecule has 11 nitrogen and oxygen atoms in total. The van der Waals surface area contributed by atoms with Crippen LogP contribution in [0.5, 0.6) is 28.7 Å². The van der Waals surface area contributed by atoms with Crippen LogP contribution in [0.25, 0.3) is 0 Å². The van der Waals surface area contributed by atoms with Crippen LogP contribution in [0.3, 0.4) is 0 Å². The standard InChI is InChI=1S/C27H26N2O9/c1-29-10-14(9-28-29)26(30)38-24-16-8-19-18(36-12-37-19)7-15(16)22(23-17(24)11-35-27(23)31)13-5-20(32-2)25(34-4)21(6-13)33-3/h5-10,17,22-24H,11-12H2,1-4H3/t17-,22+,23-,24-/m0/s1. The van der Waals surface area contributed by atoms with Crippen molar-refractivity contribution in [1.29, 1.82) is 0 Å². The van der Waals surface area contributed by atoms with E-state index in [1.165, 1.54) is 32.2 Å². The zero-order valence-corrected chi connectivity index (χ0v) is 21.3. The van der Waals surface area contributed by atoms with Gasteiger partial charge < -0.3 is 33.2 Å². The van der Waals surface area contributed by atoms with Crippen LogP contribution in [0.4, 0.5) is 0 Å². The second-order valence-corrected chi connectivity index (χ2v) is 9.32. The van der Waals surface area contributed by atoms with Gasteiger partial charge in [0.25, 0.3) is 0 Å². The molecule has 0 radical (unpaired) electrons. The summed E-state index contributed by atoms with van der Waals surface area (Å²) in [5.74, 6) is -0.0416. The molecule has 0 amide bonds. The number of ether oxygens (including phenoxy) is 7. The van der Waals surface area contributed by atoms with Crippen molar-refractivity contribution >= 4 is 11.9 Å². The van der Waals surface area contributed by atoms with E-state index in [4.69, 9.17) is 33.2 Å². The van der Waals surface area contributed by atoms with Crippen molar-refractivity contribution in [2.75, 3.05) is 34.7 Å². The van der Waals surface area contributed by atoms with Crippen molar-refractivity contribution in [2.24, 2.45) is 18.9 Å². The summed E-state index contributed by atoms with van der Waals surface area (Å²) >= 11 is 0. The van der Waals surface area contributed by atoms with E-state index in [2.05, 4.69) is 5.10 Å².